The van der Waals surface area contributed by atoms with Crippen molar-refractivity contribution in [1.82, 2.24) is 4.90 Å². The van der Waals surface area contributed by atoms with Crippen LogP contribution in [0, 0.1) is 0 Å². The first-order chi connectivity index (χ1) is 12.3. The summed E-state index contributed by atoms with van der Waals surface area (Å²) >= 11 is 1.60. The zero-order valence-electron chi connectivity index (χ0n) is 13.8. The number of nitrogens with zero attached hydrogens (tertiary/aromatic N) is 1. The molecule has 0 saturated carbocycles. The van der Waals surface area contributed by atoms with Gasteiger partial charge in [-0.05, 0) is 35.2 Å². The minimum absolute atomic E-state index is 0.00522. The summed E-state index contributed by atoms with van der Waals surface area (Å²) in [6.07, 6.45) is 1.86. The fourth-order valence-electron chi connectivity index (χ4n) is 2.40. The number of benzene rings is 3. The van der Waals surface area contributed by atoms with Crippen molar-refractivity contribution in [3.05, 3.63) is 114 Å². The number of hydrogen-bond donors (Lipinski definition) is 0. The van der Waals surface area contributed by atoms with E-state index in [1.165, 1.54) is 0 Å². The van der Waals surface area contributed by atoms with Gasteiger partial charge in [-0.1, -0.05) is 78.5 Å². The van der Waals surface area contributed by atoms with Crippen molar-refractivity contribution >= 4 is 17.7 Å². The first-order valence-electron chi connectivity index (χ1n) is 8.11. The molecule has 25 heavy (non-hydrogen) atoms. The third-order valence-electron chi connectivity index (χ3n) is 3.67. The highest BCUT2D eigenvalue weighted by Crippen LogP contribution is 2.19. The van der Waals surface area contributed by atoms with Crippen molar-refractivity contribution in [2.75, 3.05) is 0 Å². The summed E-state index contributed by atoms with van der Waals surface area (Å²) in [5, 5.41) is 1.96. The lowest BCUT2D eigenvalue weighted by molar-refractivity contribution is 0.0814. The smallest absolute Gasteiger partial charge is 0.258 e. The summed E-state index contributed by atoms with van der Waals surface area (Å²) < 4.78 is 0. The van der Waals surface area contributed by atoms with E-state index in [1.807, 2.05) is 90.5 Å². The summed E-state index contributed by atoms with van der Waals surface area (Å²) in [5.74, 6) is -0.00522. The SMILES string of the molecule is O=C(c1ccccc1)N(/C=C\Sc1ccccc1)Cc1ccccc1. The number of thioether (sulfide) groups is 1. The molecular formula is C22H19NOS. The third kappa shape index (κ3) is 5.10. The Morgan fingerprint density at radius 1 is 0.800 bits per heavy atom. The molecule has 0 unspecified atom stereocenters. The maximum absolute atomic E-state index is 12.9. The third-order valence-corrected chi connectivity index (χ3v) is 4.47. The van der Waals surface area contributed by atoms with Crippen molar-refractivity contribution in [3.63, 3.8) is 0 Å². The molecule has 0 heterocycles. The summed E-state index contributed by atoms with van der Waals surface area (Å²) in [7, 11) is 0. The molecule has 0 aliphatic rings. The molecule has 3 rings (SSSR count). The first kappa shape index (κ1) is 17.1. The average Bonchev–Trinajstić information content (AvgIpc) is 2.69. The van der Waals surface area contributed by atoms with E-state index in [-0.39, 0.29) is 5.91 Å². The van der Waals surface area contributed by atoms with Crippen LogP contribution in [-0.2, 0) is 6.54 Å². The van der Waals surface area contributed by atoms with Crippen LogP contribution in [0.4, 0.5) is 0 Å². The van der Waals surface area contributed by atoms with Crippen molar-refractivity contribution in [3.8, 4) is 0 Å². The van der Waals surface area contributed by atoms with E-state index in [0.717, 1.165) is 10.5 Å². The van der Waals surface area contributed by atoms with Gasteiger partial charge < -0.3 is 4.90 Å². The zero-order chi connectivity index (χ0) is 17.3. The van der Waals surface area contributed by atoms with Gasteiger partial charge in [-0.3, -0.25) is 4.79 Å². The Labute approximate surface area is 152 Å². The largest absolute Gasteiger partial charge is 0.310 e. The molecule has 0 saturated heterocycles. The van der Waals surface area contributed by atoms with E-state index >= 15 is 0 Å². The van der Waals surface area contributed by atoms with Gasteiger partial charge >= 0.3 is 0 Å². The predicted molar refractivity (Wildman–Crippen MR) is 104 cm³/mol. The molecule has 2 nitrogen and oxygen atoms in total. The van der Waals surface area contributed by atoms with Crippen molar-refractivity contribution in [1.29, 1.82) is 0 Å². The lowest BCUT2D eigenvalue weighted by Crippen LogP contribution is -2.25. The summed E-state index contributed by atoms with van der Waals surface area (Å²) in [6, 6.07) is 29.5. The highest BCUT2D eigenvalue weighted by atomic mass is 32.2. The quantitative estimate of drug-likeness (QED) is 0.543. The van der Waals surface area contributed by atoms with Gasteiger partial charge in [0, 0.05) is 16.7 Å². The maximum atomic E-state index is 12.9. The minimum Gasteiger partial charge on any atom is -0.310 e. The summed E-state index contributed by atoms with van der Waals surface area (Å²) in [5.41, 5.74) is 1.79. The second kappa shape index (κ2) is 8.90. The lowest BCUT2D eigenvalue weighted by atomic mass is 10.1. The van der Waals surface area contributed by atoms with Crippen molar-refractivity contribution in [2.45, 2.75) is 11.4 Å². The molecule has 0 aliphatic heterocycles. The van der Waals surface area contributed by atoms with Crippen LogP contribution in [0.25, 0.3) is 0 Å². The normalized spacial score (nSPS) is 10.7. The molecule has 0 N–H and O–H groups in total. The molecule has 0 radical (unpaired) electrons. The number of hydrogen-bond acceptors (Lipinski definition) is 2. The van der Waals surface area contributed by atoms with Crippen LogP contribution >= 0.6 is 11.8 Å². The zero-order valence-corrected chi connectivity index (χ0v) is 14.6. The van der Waals surface area contributed by atoms with Gasteiger partial charge in [-0.15, -0.1) is 0 Å². The predicted octanol–water partition coefficient (Wildman–Crippen LogP) is 5.59. The van der Waals surface area contributed by atoms with Gasteiger partial charge in [0.25, 0.3) is 5.91 Å². The van der Waals surface area contributed by atoms with E-state index in [9.17, 15) is 4.79 Å². The topological polar surface area (TPSA) is 20.3 Å². The van der Waals surface area contributed by atoms with Crippen LogP contribution in [0.1, 0.15) is 15.9 Å². The molecule has 3 heteroatoms. The Balaban J connectivity index is 1.77. The van der Waals surface area contributed by atoms with E-state index in [0.29, 0.717) is 12.1 Å². The number of rotatable bonds is 6. The molecule has 0 atom stereocenters. The van der Waals surface area contributed by atoms with Crippen molar-refractivity contribution < 1.29 is 4.79 Å². The molecule has 0 spiro atoms. The van der Waals surface area contributed by atoms with Gasteiger partial charge in [-0.2, -0.15) is 0 Å². The summed E-state index contributed by atoms with van der Waals surface area (Å²) in [4.78, 5) is 15.8. The molecule has 0 fully saturated rings. The van der Waals surface area contributed by atoms with Gasteiger partial charge in [0.2, 0.25) is 0 Å². The van der Waals surface area contributed by atoms with Crippen LogP contribution in [0.15, 0.2) is 107 Å². The second-order valence-electron chi connectivity index (χ2n) is 5.50. The number of carbonyl (C=O) groups excluding carboxylic acids is 1. The lowest BCUT2D eigenvalue weighted by Gasteiger charge is -2.18. The fourth-order valence-corrected chi connectivity index (χ4v) is 3.08. The minimum atomic E-state index is -0.00522. The van der Waals surface area contributed by atoms with Crippen molar-refractivity contribution in [2.24, 2.45) is 0 Å². The van der Waals surface area contributed by atoms with Crippen LogP contribution in [0.5, 0.6) is 0 Å². The van der Waals surface area contributed by atoms with Gasteiger partial charge in [0.15, 0.2) is 0 Å². The second-order valence-corrected chi connectivity index (χ2v) is 6.48. The Kier molecular flexibility index (Phi) is 6.07. The average molecular weight is 345 g/mol. The summed E-state index contributed by atoms with van der Waals surface area (Å²) in [6.45, 7) is 0.542. The number of amides is 1. The molecule has 1 amide bonds. The van der Waals surface area contributed by atoms with Crippen LogP contribution in [-0.4, -0.2) is 10.8 Å². The molecule has 0 aliphatic carbocycles. The van der Waals surface area contributed by atoms with Gasteiger partial charge in [-0.25, -0.2) is 0 Å². The van der Waals surface area contributed by atoms with Crippen LogP contribution < -0.4 is 0 Å². The molecule has 0 aromatic heterocycles. The van der Waals surface area contributed by atoms with Gasteiger partial charge in [0.05, 0.1) is 6.54 Å². The molecule has 3 aromatic carbocycles. The van der Waals surface area contributed by atoms with E-state index < -0.39 is 0 Å². The molecule has 0 bridgehead atoms. The Bertz CT molecular complexity index is 816. The fraction of sp³-hybridized carbons (Fsp3) is 0.0455. The van der Waals surface area contributed by atoms with Gasteiger partial charge in [0.1, 0.15) is 0 Å². The molecule has 3 aromatic rings. The first-order valence-corrected chi connectivity index (χ1v) is 8.99. The Morgan fingerprint density at radius 2 is 1.36 bits per heavy atom. The monoisotopic (exact) mass is 345 g/mol. The maximum Gasteiger partial charge on any atom is 0.258 e. The molecule has 124 valence electrons. The molecular weight excluding hydrogens is 326 g/mol. The highest BCUT2D eigenvalue weighted by Gasteiger charge is 2.13. The van der Waals surface area contributed by atoms with E-state index in [2.05, 4.69) is 12.1 Å². The standard InChI is InChI=1S/C22H19NOS/c24-22(20-12-6-2-7-13-20)23(18-19-10-4-1-5-11-19)16-17-25-21-14-8-3-9-15-21/h1-17H,18H2/b17-16-. The van der Waals surface area contributed by atoms with Crippen LogP contribution in [0.3, 0.4) is 0 Å². The van der Waals surface area contributed by atoms with Crippen LogP contribution in [0.2, 0.25) is 0 Å². The highest BCUT2D eigenvalue weighted by molar-refractivity contribution is 8.02. The Hall–Kier alpha value is -2.78. The number of carbonyl (C=O) groups is 1. The van der Waals surface area contributed by atoms with E-state index in [4.69, 9.17) is 0 Å². The Morgan fingerprint density at radius 3 is 2.00 bits per heavy atom. The van der Waals surface area contributed by atoms with E-state index in [1.54, 1.807) is 16.7 Å².